The number of benzene rings is 1. The van der Waals surface area contributed by atoms with Crippen LogP contribution in [0.5, 0.6) is 0 Å². The van der Waals surface area contributed by atoms with E-state index in [0.717, 1.165) is 18.4 Å². The first kappa shape index (κ1) is 15.6. The molecular formula is C16H18F2N4O. The zero-order valence-corrected chi connectivity index (χ0v) is 12.8. The van der Waals surface area contributed by atoms with Crippen LogP contribution in [-0.4, -0.2) is 51.9 Å². The van der Waals surface area contributed by atoms with E-state index in [1.807, 2.05) is 6.92 Å². The molecule has 1 amide bonds. The number of carbonyl (C=O) groups is 1. The second-order valence-electron chi connectivity index (χ2n) is 5.47. The molecule has 0 radical (unpaired) electrons. The topological polar surface area (TPSA) is 52.2 Å². The largest absolute Gasteiger partial charge is 0.347 e. The van der Waals surface area contributed by atoms with Gasteiger partial charge in [-0.05, 0) is 18.7 Å². The van der Waals surface area contributed by atoms with Crippen molar-refractivity contribution in [1.29, 1.82) is 0 Å². The Hall–Kier alpha value is -2.28. The highest BCUT2D eigenvalue weighted by atomic mass is 19.2. The van der Waals surface area contributed by atoms with Gasteiger partial charge in [0.05, 0.1) is 11.6 Å². The molecule has 1 aromatic heterocycles. The van der Waals surface area contributed by atoms with Gasteiger partial charge in [-0.15, -0.1) is 0 Å². The number of imidazole rings is 1. The molecule has 1 atom stereocenters. The van der Waals surface area contributed by atoms with Crippen molar-refractivity contribution in [3.63, 3.8) is 0 Å². The van der Waals surface area contributed by atoms with Crippen LogP contribution in [0.15, 0.2) is 30.6 Å². The van der Waals surface area contributed by atoms with Crippen LogP contribution < -0.4 is 0 Å². The van der Waals surface area contributed by atoms with Crippen LogP contribution in [0.25, 0.3) is 0 Å². The molecule has 3 rings (SSSR count). The first-order chi connectivity index (χ1) is 11.1. The number of aromatic amines is 1. The highest BCUT2D eigenvalue weighted by Gasteiger charge is 2.32. The number of rotatable bonds is 3. The molecule has 0 saturated carbocycles. The maximum atomic E-state index is 13.9. The molecule has 1 aliphatic rings. The lowest BCUT2D eigenvalue weighted by Gasteiger charge is -2.40. The van der Waals surface area contributed by atoms with E-state index >= 15 is 0 Å². The Kier molecular flexibility index (Phi) is 4.38. The molecule has 1 fully saturated rings. The molecule has 7 heteroatoms. The standard InChI is InChI=1S/C16H18F2N4O/c1-2-21-8-9-22(10-13(21)15-19-6-7-20-15)16(23)11-4-3-5-12(17)14(11)18/h3-7,13H,2,8-10H2,1H3,(H,19,20). The van der Waals surface area contributed by atoms with Crippen LogP contribution in [0.4, 0.5) is 8.78 Å². The Labute approximate surface area is 132 Å². The Balaban J connectivity index is 1.83. The summed E-state index contributed by atoms with van der Waals surface area (Å²) < 4.78 is 27.2. The number of H-pyrrole nitrogens is 1. The predicted molar refractivity (Wildman–Crippen MR) is 80.8 cm³/mol. The van der Waals surface area contributed by atoms with Gasteiger partial charge in [-0.2, -0.15) is 0 Å². The molecule has 1 aliphatic heterocycles. The summed E-state index contributed by atoms with van der Waals surface area (Å²) in [4.78, 5) is 23.6. The summed E-state index contributed by atoms with van der Waals surface area (Å²) >= 11 is 0. The summed E-state index contributed by atoms with van der Waals surface area (Å²) in [6.45, 7) is 4.38. The minimum absolute atomic E-state index is 0.0793. The van der Waals surface area contributed by atoms with Gasteiger partial charge < -0.3 is 9.88 Å². The Morgan fingerprint density at radius 3 is 2.91 bits per heavy atom. The number of hydrogen-bond acceptors (Lipinski definition) is 3. The minimum atomic E-state index is -1.09. The summed E-state index contributed by atoms with van der Waals surface area (Å²) in [5, 5.41) is 0. The molecule has 0 bridgehead atoms. The van der Waals surface area contributed by atoms with Gasteiger partial charge in [-0.3, -0.25) is 9.69 Å². The average Bonchev–Trinajstić information content (AvgIpc) is 3.10. The van der Waals surface area contributed by atoms with E-state index in [2.05, 4.69) is 14.9 Å². The number of halogens is 2. The molecule has 1 N–H and O–H groups in total. The second kappa shape index (κ2) is 6.45. The van der Waals surface area contributed by atoms with Crippen LogP contribution in [0, 0.1) is 11.6 Å². The minimum Gasteiger partial charge on any atom is -0.347 e. The van der Waals surface area contributed by atoms with Gasteiger partial charge in [0.2, 0.25) is 0 Å². The first-order valence-electron chi connectivity index (χ1n) is 7.58. The van der Waals surface area contributed by atoms with Crippen LogP contribution in [0.2, 0.25) is 0 Å². The highest BCUT2D eigenvalue weighted by molar-refractivity contribution is 5.94. The van der Waals surface area contributed by atoms with Crippen molar-refractivity contribution in [3.05, 3.63) is 53.6 Å². The molecule has 1 saturated heterocycles. The fourth-order valence-electron chi connectivity index (χ4n) is 2.94. The molecule has 5 nitrogen and oxygen atoms in total. The maximum absolute atomic E-state index is 13.9. The number of nitrogens with one attached hydrogen (secondary N) is 1. The Morgan fingerprint density at radius 2 is 2.22 bits per heavy atom. The molecule has 2 aromatic rings. The SMILES string of the molecule is CCN1CCN(C(=O)c2cccc(F)c2F)CC1c1ncc[nH]1. The van der Waals surface area contributed by atoms with Gasteiger partial charge in [0.15, 0.2) is 11.6 Å². The summed E-state index contributed by atoms with van der Waals surface area (Å²) in [6.07, 6.45) is 3.40. The van der Waals surface area contributed by atoms with Gasteiger partial charge in [0, 0.05) is 32.0 Å². The van der Waals surface area contributed by atoms with Crippen LogP contribution in [0.3, 0.4) is 0 Å². The summed E-state index contributed by atoms with van der Waals surface area (Å²) in [7, 11) is 0. The molecular weight excluding hydrogens is 302 g/mol. The predicted octanol–water partition coefficient (Wildman–Crippen LogP) is 2.21. The van der Waals surface area contributed by atoms with Crippen molar-refractivity contribution in [2.75, 3.05) is 26.2 Å². The molecule has 2 heterocycles. The number of nitrogens with zero attached hydrogens (tertiary/aromatic N) is 3. The number of amides is 1. The third kappa shape index (κ3) is 2.96. The third-order valence-electron chi connectivity index (χ3n) is 4.20. The highest BCUT2D eigenvalue weighted by Crippen LogP contribution is 2.24. The number of aromatic nitrogens is 2. The number of hydrogen-bond donors (Lipinski definition) is 1. The lowest BCUT2D eigenvalue weighted by molar-refractivity contribution is 0.0475. The quantitative estimate of drug-likeness (QED) is 0.943. The fraction of sp³-hybridized carbons (Fsp3) is 0.375. The average molecular weight is 320 g/mol. The maximum Gasteiger partial charge on any atom is 0.257 e. The summed E-state index contributed by atoms with van der Waals surface area (Å²) in [6, 6.07) is 3.59. The normalized spacial score (nSPS) is 19.1. The molecule has 0 aliphatic carbocycles. The second-order valence-corrected chi connectivity index (χ2v) is 5.47. The van der Waals surface area contributed by atoms with E-state index in [9.17, 15) is 13.6 Å². The first-order valence-corrected chi connectivity index (χ1v) is 7.58. The van der Waals surface area contributed by atoms with E-state index in [1.54, 1.807) is 17.3 Å². The van der Waals surface area contributed by atoms with Crippen LogP contribution in [-0.2, 0) is 0 Å². The van der Waals surface area contributed by atoms with Crippen molar-refractivity contribution >= 4 is 5.91 Å². The lowest BCUT2D eigenvalue weighted by atomic mass is 10.1. The number of piperazine rings is 1. The van der Waals surface area contributed by atoms with Crippen molar-refractivity contribution in [3.8, 4) is 0 Å². The lowest BCUT2D eigenvalue weighted by Crippen LogP contribution is -2.50. The van der Waals surface area contributed by atoms with E-state index in [1.165, 1.54) is 12.1 Å². The smallest absolute Gasteiger partial charge is 0.257 e. The van der Waals surface area contributed by atoms with E-state index in [4.69, 9.17) is 0 Å². The van der Waals surface area contributed by atoms with Gasteiger partial charge in [-0.25, -0.2) is 13.8 Å². The zero-order valence-electron chi connectivity index (χ0n) is 12.8. The fourth-order valence-corrected chi connectivity index (χ4v) is 2.94. The van der Waals surface area contributed by atoms with Gasteiger partial charge >= 0.3 is 0 Å². The summed E-state index contributed by atoms with van der Waals surface area (Å²) in [5.74, 6) is -1.83. The van der Waals surface area contributed by atoms with Crippen molar-refractivity contribution in [1.82, 2.24) is 19.8 Å². The van der Waals surface area contributed by atoms with Crippen molar-refractivity contribution in [2.45, 2.75) is 13.0 Å². The van der Waals surface area contributed by atoms with Crippen LogP contribution in [0.1, 0.15) is 29.1 Å². The van der Waals surface area contributed by atoms with E-state index < -0.39 is 17.5 Å². The monoisotopic (exact) mass is 320 g/mol. The Bertz CT molecular complexity index is 689. The van der Waals surface area contributed by atoms with Crippen molar-refractivity contribution < 1.29 is 13.6 Å². The summed E-state index contributed by atoms with van der Waals surface area (Å²) in [5.41, 5.74) is -0.229. The number of carbonyl (C=O) groups excluding carboxylic acids is 1. The van der Waals surface area contributed by atoms with Crippen LogP contribution >= 0.6 is 0 Å². The van der Waals surface area contributed by atoms with E-state index in [0.29, 0.717) is 19.6 Å². The molecule has 1 unspecified atom stereocenters. The molecule has 0 spiro atoms. The molecule has 23 heavy (non-hydrogen) atoms. The van der Waals surface area contributed by atoms with Crippen molar-refractivity contribution in [2.24, 2.45) is 0 Å². The molecule has 122 valence electrons. The number of likely N-dealkylation sites (N-methyl/N-ethyl adjacent to an activating group) is 1. The van der Waals surface area contributed by atoms with Gasteiger partial charge in [0.25, 0.3) is 5.91 Å². The third-order valence-corrected chi connectivity index (χ3v) is 4.20. The van der Waals surface area contributed by atoms with E-state index in [-0.39, 0.29) is 11.6 Å². The molecule has 1 aromatic carbocycles. The van der Waals surface area contributed by atoms with Gasteiger partial charge in [0.1, 0.15) is 5.82 Å². The van der Waals surface area contributed by atoms with Gasteiger partial charge in [-0.1, -0.05) is 13.0 Å². The zero-order chi connectivity index (χ0) is 16.4. The Morgan fingerprint density at radius 1 is 1.39 bits per heavy atom.